The van der Waals surface area contributed by atoms with Crippen molar-refractivity contribution < 1.29 is 19.0 Å². The number of carbonyl (C=O) groups is 1. The summed E-state index contributed by atoms with van der Waals surface area (Å²) >= 11 is 0. The summed E-state index contributed by atoms with van der Waals surface area (Å²) in [5, 5.41) is 8.86. The van der Waals surface area contributed by atoms with Gasteiger partial charge in [-0.05, 0) is 25.1 Å². The molecule has 108 valence electrons. The largest absolute Gasteiger partial charge is 0.493 e. The third-order valence-electron chi connectivity index (χ3n) is 2.61. The maximum absolute atomic E-state index is 11.5. The Balaban J connectivity index is 2.46. The third-order valence-corrected chi connectivity index (χ3v) is 2.61. The van der Waals surface area contributed by atoms with E-state index in [1.165, 1.54) is 6.92 Å². The van der Waals surface area contributed by atoms with Crippen molar-refractivity contribution in [2.45, 2.75) is 13.3 Å². The summed E-state index contributed by atoms with van der Waals surface area (Å²) in [6.07, 6.45) is 0.706. The smallest absolute Gasteiger partial charge is 0.163 e. The van der Waals surface area contributed by atoms with Gasteiger partial charge in [-0.2, -0.15) is 5.26 Å². The second-order valence-electron chi connectivity index (χ2n) is 4.19. The Bertz CT molecular complexity index is 479. The van der Waals surface area contributed by atoms with Crippen molar-refractivity contribution in [2.24, 2.45) is 0 Å². The van der Waals surface area contributed by atoms with Crippen LogP contribution in [0, 0.1) is 11.3 Å². The predicted octanol–water partition coefficient (Wildman–Crippen LogP) is 2.19. The highest BCUT2D eigenvalue weighted by molar-refractivity contribution is 5.97. The van der Waals surface area contributed by atoms with Crippen LogP contribution in [0.5, 0.6) is 5.75 Å². The molecular formula is C15H19NO4. The van der Waals surface area contributed by atoms with E-state index in [1.54, 1.807) is 25.3 Å². The van der Waals surface area contributed by atoms with Gasteiger partial charge in [0, 0.05) is 20.1 Å². The molecule has 20 heavy (non-hydrogen) atoms. The molecule has 0 saturated heterocycles. The van der Waals surface area contributed by atoms with Crippen LogP contribution in [0.3, 0.4) is 0 Å². The number of methoxy groups -OCH3 is 1. The molecule has 0 aromatic heterocycles. The SMILES string of the molecule is COCCOCCCOc1cc(C#N)ccc1C(C)=O. The average Bonchev–Trinajstić information content (AvgIpc) is 2.45. The molecule has 1 aromatic carbocycles. The van der Waals surface area contributed by atoms with E-state index >= 15 is 0 Å². The molecule has 0 aliphatic rings. The molecule has 0 heterocycles. The summed E-state index contributed by atoms with van der Waals surface area (Å²) in [5.41, 5.74) is 0.964. The Morgan fingerprint density at radius 2 is 2.05 bits per heavy atom. The fourth-order valence-corrected chi connectivity index (χ4v) is 1.59. The predicted molar refractivity (Wildman–Crippen MR) is 74.0 cm³/mol. The highest BCUT2D eigenvalue weighted by Gasteiger charge is 2.09. The van der Waals surface area contributed by atoms with Crippen molar-refractivity contribution in [2.75, 3.05) is 33.5 Å². The number of ketones is 1. The minimum absolute atomic E-state index is 0.0826. The van der Waals surface area contributed by atoms with E-state index in [9.17, 15) is 4.79 Å². The molecule has 1 rings (SSSR count). The van der Waals surface area contributed by atoms with Crippen LogP contribution in [0.25, 0.3) is 0 Å². The fraction of sp³-hybridized carbons (Fsp3) is 0.467. The monoisotopic (exact) mass is 277 g/mol. The van der Waals surface area contributed by atoms with Gasteiger partial charge in [0.1, 0.15) is 5.75 Å². The minimum atomic E-state index is -0.0826. The van der Waals surface area contributed by atoms with E-state index in [4.69, 9.17) is 19.5 Å². The van der Waals surface area contributed by atoms with Gasteiger partial charge < -0.3 is 14.2 Å². The van der Waals surface area contributed by atoms with E-state index in [1.807, 2.05) is 6.07 Å². The quantitative estimate of drug-likeness (QED) is 0.511. The van der Waals surface area contributed by atoms with Gasteiger partial charge in [0.2, 0.25) is 0 Å². The molecule has 0 N–H and O–H groups in total. The topological polar surface area (TPSA) is 68.6 Å². The summed E-state index contributed by atoms with van der Waals surface area (Å²) in [7, 11) is 1.62. The molecule has 0 amide bonds. The molecule has 0 aliphatic carbocycles. The Kier molecular flexibility index (Phi) is 7.33. The molecule has 0 aliphatic heterocycles. The van der Waals surface area contributed by atoms with Crippen LogP contribution in [0.2, 0.25) is 0 Å². The molecule has 0 saturated carbocycles. The second-order valence-corrected chi connectivity index (χ2v) is 4.19. The lowest BCUT2D eigenvalue weighted by molar-refractivity contribution is 0.0643. The maximum Gasteiger partial charge on any atom is 0.163 e. The van der Waals surface area contributed by atoms with Crippen molar-refractivity contribution in [1.82, 2.24) is 0 Å². The Labute approximate surface area is 119 Å². The summed E-state index contributed by atoms with van der Waals surface area (Å²) in [6.45, 7) is 3.60. The molecular weight excluding hydrogens is 258 g/mol. The number of rotatable bonds is 9. The molecule has 0 radical (unpaired) electrons. The molecule has 0 spiro atoms. The van der Waals surface area contributed by atoms with Gasteiger partial charge >= 0.3 is 0 Å². The zero-order valence-corrected chi connectivity index (χ0v) is 11.8. The number of Topliss-reactive ketones (excluding diaryl/α,β-unsaturated/α-hetero) is 1. The van der Waals surface area contributed by atoms with Crippen molar-refractivity contribution in [3.05, 3.63) is 29.3 Å². The van der Waals surface area contributed by atoms with Crippen LogP contribution in [0.1, 0.15) is 29.3 Å². The first kappa shape index (κ1) is 16.2. The first-order valence-electron chi connectivity index (χ1n) is 6.43. The molecule has 0 unspecified atom stereocenters. The van der Waals surface area contributed by atoms with Crippen LogP contribution in [-0.2, 0) is 9.47 Å². The van der Waals surface area contributed by atoms with Gasteiger partial charge in [0.15, 0.2) is 5.78 Å². The van der Waals surface area contributed by atoms with Gasteiger partial charge in [-0.25, -0.2) is 0 Å². The van der Waals surface area contributed by atoms with E-state index in [0.29, 0.717) is 49.7 Å². The number of hydrogen-bond donors (Lipinski definition) is 0. The van der Waals surface area contributed by atoms with Crippen molar-refractivity contribution in [3.63, 3.8) is 0 Å². The zero-order chi connectivity index (χ0) is 14.8. The van der Waals surface area contributed by atoms with E-state index < -0.39 is 0 Å². The minimum Gasteiger partial charge on any atom is -0.493 e. The third kappa shape index (κ3) is 5.39. The Morgan fingerprint density at radius 1 is 1.25 bits per heavy atom. The molecule has 0 atom stereocenters. The Morgan fingerprint density at radius 3 is 2.70 bits per heavy atom. The number of benzene rings is 1. The number of hydrogen-bond acceptors (Lipinski definition) is 5. The lowest BCUT2D eigenvalue weighted by Gasteiger charge is -2.10. The van der Waals surface area contributed by atoms with Crippen LogP contribution in [0.15, 0.2) is 18.2 Å². The number of nitriles is 1. The summed E-state index contributed by atoms with van der Waals surface area (Å²) < 4.78 is 15.7. The number of ether oxygens (including phenoxy) is 3. The molecule has 5 nitrogen and oxygen atoms in total. The molecule has 5 heteroatoms. The lowest BCUT2D eigenvalue weighted by atomic mass is 10.1. The van der Waals surface area contributed by atoms with Crippen molar-refractivity contribution in [1.29, 1.82) is 5.26 Å². The number of nitrogens with zero attached hydrogens (tertiary/aromatic N) is 1. The fourth-order valence-electron chi connectivity index (χ4n) is 1.59. The molecule has 1 aromatic rings. The molecule has 0 fully saturated rings. The van der Waals surface area contributed by atoms with Crippen LogP contribution < -0.4 is 4.74 Å². The lowest BCUT2D eigenvalue weighted by Crippen LogP contribution is -2.08. The van der Waals surface area contributed by atoms with E-state index in [-0.39, 0.29) is 5.78 Å². The average molecular weight is 277 g/mol. The van der Waals surface area contributed by atoms with Crippen molar-refractivity contribution in [3.8, 4) is 11.8 Å². The standard InChI is InChI=1S/C15H19NO4/c1-12(17)14-5-4-13(11-16)10-15(14)20-7-3-6-19-9-8-18-2/h4-5,10H,3,6-9H2,1-2H3. The second kappa shape index (κ2) is 9.08. The number of carbonyl (C=O) groups excluding carboxylic acids is 1. The summed E-state index contributed by atoms with van der Waals surface area (Å²) in [4.78, 5) is 11.5. The highest BCUT2D eigenvalue weighted by Crippen LogP contribution is 2.21. The highest BCUT2D eigenvalue weighted by atomic mass is 16.5. The maximum atomic E-state index is 11.5. The van der Waals surface area contributed by atoms with Gasteiger partial charge in [0.05, 0.1) is 37.0 Å². The van der Waals surface area contributed by atoms with Crippen LogP contribution in [-0.4, -0.2) is 39.3 Å². The van der Waals surface area contributed by atoms with E-state index in [2.05, 4.69) is 0 Å². The van der Waals surface area contributed by atoms with Gasteiger partial charge in [-0.1, -0.05) is 0 Å². The summed E-state index contributed by atoms with van der Waals surface area (Å²) in [5.74, 6) is 0.370. The van der Waals surface area contributed by atoms with E-state index in [0.717, 1.165) is 0 Å². The van der Waals surface area contributed by atoms with Crippen molar-refractivity contribution >= 4 is 5.78 Å². The van der Waals surface area contributed by atoms with Gasteiger partial charge in [0.25, 0.3) is 0 Å². The van der Waals surface area contributed by atoms with Gasteiger partial charge in [-0.3, -0.25) is 4.79 Å². The molecule has 0 bridgehead atoms. The van der Waals surface area contributed by atoms with Gasteiger partial charge in [-0.15, -0.1) is 0 Å². The summed E-state index contributed by atoms with van der Waals surface area (Å²) in [6, 6.07) is 6.84. The van der Waals surface area contributed by atoms with Crippen LogP contribution >= 0.6 is 0 Å². The van der Waals surface area contributed by atoms with Crippen LogP contribution in [0.4, 0.5) is 0 Å². The Hall–Kier alpha value is -1.90. The first-order valence-corrected chi connectivity index (χ1v) is 6.43. The zero-order valence-electron chi connectivity index (χ0n) is 11.8. The first-order chi connectivity index (χ1) is 9.69. The normalized spacial score (nSPS) is 10.1.